The van der Waals surface area contributed by atoms with Crippen LogP contribution in [0.3, 0.4) is 0 Å². The Kier molecular flexibility index (Phi) is 4.37. The molecule has 3 aromatic heterocycles. The predicted molar refractivity (Wildman–Crippen MR) is 114 cm³/mol. The maximum atomic E-state index is 10.9. The van der Waals surface area contributed by atoms with Crippen molar-refractivity contribution in [3.63, 3.8) is 0 Å². The smallest absolute Gasteiger partial charge is 0.139 e. The predicted octanol–water partition coefficient (Wildman–Crippen LogP) is 3.92. The molecule has 8 heteroatoms. The standard InChI is InChI=1S/C21H21N5O2S/c1-12-3-6-17-24-19(20(26(17)10-12)25-18-9-22-11-29-18)15-7-13-4-5-14(28-2)8-16(13)23-21(15)27/h3-6,8-11,15,21,23,25,27H,7H2,1-2H3. The summed E-state index contributed by atoms with van der Waals surface area (Å²) in [7, 11) is 1.64. The highest BCUT2D eigenvalue weighted by Crippen LogP contribution is 2.39. The second-order valence-electron chi connectivity index (χ2n) is 7.19. The molecule has 0 spiro atoms. The lowest BCUT2D eigenvalue weighted by Gasteiger charge is -2.31. The summed E-state index contributed by atoms with van der Waals surface area (Å²) in [6.07, 6.45) is 3.76. The molecule has 0 radical (unpaired) electrons. The molecule has 0 bridgehead atoms. The lowest BCUT2D eigenvalue weighted by Crippen LogP contribution is -2.33. The molecule has 1 aliphatic rings. The van der Waals surface area contributed by atoms with Crippen LogP contribution in [0.1, 0.15) is 22.7 Å². The van der Waals surface area contributed by atoms with Gasteiger partial charge in [0.25, 0.3) is 0 Å². The summed E-state index contributed by atoms with van der Waals surface area (Å²) in [6.45, 7) is 2.05. The number of rotatable bonds is 4. The number of methoxy groups -OCH3 is 1. The summed E-state index contributed by atoms with van der Waals surface area (Å²) in [5.74, 6) is 1.42. The number of aliphatic hydroxyl groups excluding tert-OH is 1. The van der Waals surface area contributed by atoms with Gasteiger partial charge in [0.2, 0.25) is 0 Å². The summed E-state index contributed by atoms with van der Waals surface area (Å²) >= 11 is 1.53. The first-order chi connectivity index (χ1) is 14.1. The lowest BCUT2D eigenvalue weighted by molar-refractivity contribution is 0.164. The lowest BCUT2D eigenvalue weighted by atomic mass is 9.89. The van der Waals surface area contributed by atoms with Crippen LogP contribution in [-0.2, 0) is 6.42 Å². The van der Waals surface area contributed by atoms with Gasteiger partial charge >= 0.3 is 0 Å². The van der Waals surface area contributed by atoms with Crippen LogP contribution in [0.15, 0.2) is 48.2 Å². The Balaban J connectivity index is 1.60. The first-order valence-corrected chi connectivity index (χ1v) is 10.3. The number of hydrogen-bond acceptors (Lipinski definition) is 7. The monoisotopic (exact) mass is 407 g/mol. The van der Waals surface area contributed by atoms with E-state index in [1.165, 1.54) is 11.3 Å². The van der Waals surface area contributed by atoms with E-state index in [-0.39, 0.29) is 5.92 Å². The molecule has 5 rings (SSSR count). The molecule has 0 saturated carbocycles. The number of benzene rings is 1. The first kappa shape index (κ1) is 18.0. The van der Waals surface area contributed by atoms with Crippen LogP contribution in [0.4, 0.5) is 16.5 Å². The fraction of sp³-hybridized carbons (Fsp3) is 0.238. The number of imidazole rings is 1. The zero-order chi connectivity index (χ0) is 20.0. The molecule has 4 aromatic rings. The van der Waals surface area contributed by atoms with Crippen molar-refractivity contribution in [1.82, 2.24) is 14.4 Å². The van der Waals surface area contributed by atoms with Gasteiger partial charge in [0, 0.05) is 18.0 Å². The average molecular weight is 407 g/mol. The van der Waals surface area contributed by atoms with Crippen LogP contribution in [0.2, 0.25) is 0 Å². The Hall–Kier alpha value is -3.10. The number of thiazole rings is 1. The molecule has 0 aliphatic carbocycles. The highest BCUT2D eigenvalue weighted by molar-refractivity contribution is 7.13. The van der Waals surface area contributed by atoms with Crippen LogP contribution in [-0.4, -0.2) is 32.8 Å². The quantitative estimate of drug-likeness (QED) is 0.476. The van der Waals surface area contributed by atoms with Gasteiger partial charge in [0.05, 0.1) is 30.4 Å². The van der Waals surface area contributed by atoms with Crippen molar-refractivity contribution in [2.45, 2.75) is 25.5 Å². The maximum Gasteiger partial charge on any atom is 0.139 e. The molecular formula is C21H21N5O2S. The number of nitrogens with zero attached hydrogens (tertiary/aromatic N) is 3. The Morgan fingerprint density at radius 2 is 2.21 bits per heavy atom. The largest absolute Gasteiger partial charge is 0.497 e. The van der Waals surface area contributed by atoms with Crippen molar-refractivity contribution >= 4 is 33.5 Å². The molecule has 4 heterocycles. The summed E-state index contributed by atoms with van der Waals surface area (Å²) in [4.78, 5) is 9.03. The van der Waals surface area contributed by atoms with Crippen molar-refractivity contribution in [3.8, 4) is 5.75 Å². The van der Waals surface area contributed by atoms with Gasteiger partial charge in [-0.2, -0.15) is 0 Å². The topological polar surface area (TPSA) is 83.7 Å². The van der Waals surface area contributed by atoms with E-state index in [0.29, 0.717) is 6.42 Å². The molecule has 0 saturated heterocycles. The fourth-order valence-electron chi connectivity index (χ4n) is 3.80. The van der Waals surface area contributed by atoms with Crippen molar-refractivity contribution in [3.05, 3.63) is 65.1 Å². The molecule has 7 nitrogen and oxygen atoms in total. The number of aromatic nitrogens is 3. The zero-order valence-corrected chi connectivity index (χ0v) is 16.9. The van der Waals surface area contributed by atoms with Crippen LogP contribution >= 0.6 is 11.3 Å². The van der Waals surface area contributed by atoms with Gasteiger partial charge in [-0.15, -0.1) is 11.3 Å². The van der Waals surface area contributed by atoms with Gasteiger partial charge in [-0.1, -0.05) is 12.1 Å². The number of anilines is 3. The summed E-state index contributed by atoms with van der Waals surface area (Å²) < 4.78 is 7.35. The van der Waals surface area contributed by atoms with E-state index >= 15 is 0 Å². The molecule has 0 amide bonds. The highest BCUT2D eigenvalue weighted by Gasteiger charge is 2.33. The third-order valence-corrected chi connectivity index (χ3v) is 5.95. The first-order valence-electron chi connectivity index (χ1n) is 9.38. The molecular weight excluding hydrogens is 386 g/mol. The Morgan fingerprint density at radius 1 is 1.31 bits per heavy atom. The van der Waals surface area contributed by atoms with Gasteiger partial charge < -0.3 is 20.5 Å². The van der Waals surface area contributed by atoms with E-state index in [4.69, 9.17) is 9.72 Å². The third kappa shape index (κ3) is 3.20. The van der Waals surface area contributed by atoms with Crippen LogP contribution in [0.5, 0.6) is 5.75 Å². The second-order valence-corrected chi connectivity index (χ2v) is 8.08. The van der Waals surface area contributed by atoms with Gasteiger partial charge in [0.1, 0.15) is 28.4 Å². The van der Waals surface area contributed by atoms with Crippen LogP contribution in [0, 0.1) is 6.92 Å². The average Bonchev–Trinajstić information content (AvgIpc) is 3.35. The number of fused-ring (bicyclic) bond motifs is 2. The van der Waals surface area contributed by atoms with E-state index in [1.54, 1.807) is 18.8 Å². The molecule has 3 N–H and O–H groups in total. The van der Waals surface area contributed by atoms with E-state index in [1.807, 2.05) is 34.7 Å². The number of pyridine rings is 1. The number of aryl methyl sites for hydroxylation is 1. The summed E-state index contributed by atoms with van der Waals surface area (Å²) in [5, 5.41) is 18.5. The number of ether oxygens (including phenoxy) is 1. The zero-order valence-electron chi connectivity index (χ0n) is 16.1. The molecule has 2 unspecified atom stereocenters. The second kappa shape index (κ2) is 7.06. The number of aliphatic hydroxyl groups is 1. The van der Waals surface area contributed by atoms with E-state index in [9.17, 15) is 5.11 Å². The van der Waals surface area contributed by atoms with Crippen molar-refractivity contribution in [2.75, 3.05) is 17.7 Å². The summed E-state index contributed by atoms with van der Waals surface area (Å²) in [5.41, 5.74) is 6.60. The Labute approximate surface area is 172 Å². The van der Waals surface area contributed by atoms with Gasteiger partial charge in [-0.25, -0.2) is 4.98 Å². The number of hydrogen-bond donors (Lipinski definition) is 3. The molecule has 29 heavy (non-hydrogen) atoms. The highest BCUT2D eigenvalue weighted by atomic mass is 32.1. The van der Waals surface area contributed by atoms with Crippen molar-refractivity contribution in [1.29, 1.82) is 0 Å². The van der Waals surface area contributed by atoms with Gasteiger partial charge in [0.15, 0.2) is 0 Å². The molecule has 1 aromatic carbocycles. The minimum atomic E-state index is -0.761. The Morgan fingerprint density at radius 3 is 3.00 bits per heavy atom. The fourth-order valence-corrected chi connectivity index (χ4v) is 4.31. The third-order valence-electron chi connectivity index (χ3n) is 5.26. The molecule has 0 fully saturated rings. The minimum Gasteiger partial charge on any atom is -0.497 e. The molecule has 148 valence electrons. The van der Waals surface area contributed by atoms with Gasteiger partial charge in [-0.3, -0.25) is 9.38 Å². The molecule has 2 atom stereocenters. The normalized spacial score (nSPS) is 18.3. The van der Waals surface area contributed by atoms with E-state index in [2.05, 4.69) is 28.7 Å². The van der Waals surface area contributed by atoms with Crippen LogP contribution < -0.4 is 15.4 Å². The van der Waals surface area contributed by atoms with E-state index in [0.717, 1.165) is 44.7 Å². The van der Waals surface area contributed by atoms with E-state index < -0.39 is 6.23 Å². The maximum absolute atomic E-state index is 10.9. The summed E-state index contributed by atoms with van der Waals surface area (Å²) in [6, 6.07) is 9.94. The van der Waals surface area contributed by atoms with Crippen LogP contribution in [0.25, 0.3) is 5.65 Å². The van der Waals surface area contributed by atoms with Gasteiger partial charge in [-0.05, 0) is 36.6 Å². The Bertz CT molecular complexity index is 1170. The SMILES string of the molecule is COc1ccc2c(c1)NC(O)C(c1nc3ccc(C)cn3c1Nc1cncs1)C2. The van der Waals surface area contributed by atoms with Crippen molar-refractivity contribution < 1.29 is 9.84 Å². The number of nitrogens with one attached hydrogen (secondary N) is 2. The van der Waals surface area contributed by atoms with Crippen molar-refractivity contribution in [2.24, 2.45) is 0 Å². The molecule has 1 aliphatic heterocycles. The minimum absolute atomic E-state index is 0.202.